The van der Waals surface area contributed by atoms with Gasteiger partial charge in [0.25, 0.3) is 0 Å². The van der Waals surface area contributed by atoms with E-state index in [0.29, 0.717) is 41.5 Å². The fourth-order valence-corrected chi connectivity index (χ4v) is 3.58. The van der Waals surface area contributed by atoms with Gasteiger partial charge in [-0.05, 0) is 66.3 Å². The van der Waals surface area contributed by atoms with Gasteiger partial charge < -0.3 is 10.1 Å². The van der Waals surface area contributed by atoms with Crippen molar-refractivity contribution in [1.82, 2.24) is 14.8 Å². The number of ether oxygens (including phenoxy) is 1. The molecular formula is C26H24F2N4O. The predicted molar refractivity (Wildman–Crippen MR) is 126 cm³/mol. The van der Waals surface area contributed by atoms with E-state index in [0.717, 1.165) is 22.8 Å². The van der Waals surface area contributed by atoms with Gasteiger partial charge in [-0.25, -0.2) is 13.8 Å². The third kappa shape index (κ3) is 5.63. The Labute approximate surface area is 191 Å². The molecule has 0 fully saturated rings. The van der Waals surface area contributed by atoms with Gasteiger partial charge in [0.15, 0.2) is 5.82 Å². The molecule has 0 amide bonds. The monoisotopic (exact) mass is 446 g/mol. The van der Waals surface area contributed by atoms with Gasteiger partial charge in [0.1, 0.15) is 29.0 Å². The van der Waals surface area contributed by atoms with Crippen molar-refractivity contribution in [1.29, 1.82) is 0 Å². The fourth-order valence-electron chi connectivity index (χ4n) is 3.58. The van der Waals surface area contributed by atoms with E-state index >= 15 is 0 Å². The lowest BCUT2D eigenvalue weighted by Crippen LogP contribution is -1.98. The van der Waals surface area contributed by atoms with E-state index in [2.05, 4.69) is 22.0 Å². The van der Waals surface area contributed by atoms with Crippen molar-refractivity contribution < 1.29 is 13.5 Å². The maximum atomic E-state index is 13.5. The first-order chi connectivity index (χ1) is 15.9. The molecule has 0 atom stereocenters. The number of hydrogen-bond donors (Lipinski definition) is 1. The van der Waals surface area contributed by atoms with Gasteiger partial charge in [-0.2, -0.15) is 5.10 Å². The average molecular weight is 447 g/mol. The highest BCUT2D eigenvalue weighted by atomic mass is 19.1. The Morgan fingerprint density at radius 1 is 1.06 bits per heavy atom. The summed E-state index contributed by atoms with van der Waals surface area (Å²) in [7, 11) is 1.85. The lowest BCUT2D eigenvalue weighted by atomic mass is 9.96. The molecule has 0 aliphatic heterocycles. The van der Waals surface area contributed by atoms with Crippen LogP contribution in [0.25, 0.3) is 5.57 Å². The summed E-state index contributed by atoms with van der Waals surface area (Å²) in [6, 6.07) is 14.8. The van der Waals surface area contributed by atoms with Crippen molar-refractivity contribution in [2.75, 3.05) is 5.32 Å². The van der Waals surface area contributed by atoms with Crippen LogP contribution >= 0.6 is 0 Å². The molecule has 168 valence electrons. The molecule has 0 aliphatic carbocycles. The maximum Gasteiger partial charge on any atom is 0.153 e. The molecule has 0 spiro atoms. The van der Waals surface area contributed by atoms with Crippen molar-refractivity contribution in [3.8, 4) is 11.5 Å². The summed E-state index contributed by atoms with van der Waals surface area (Å²) >= 11 is 0. The molecule has 5 nitrogen and oxygen atoms in total. The van der Waals surface area contributed by atoms with Crippen LogP contribution in [0.4, 0.5) is 20.4 Å². The number of anilines is 2. The van der Waals surface area contributed by atoms with Crippen LogP contribution in [0, 0.1) is 18.6 Å². The number of rotatable bonds is 8. The topological polar surface area (TPSA) is 52.0 Å². The SMILES string of the molecule is C=C(CCc1cc(F)cc(F)c1)c1cccc(Oc2ccnc(Nc3ccn(C)n3)c2)c1C. The molecule has 0 saturated heterocycles. The summed E-state index contributed by atoms with van der Waals surface area (Å²) in [4.78, 5) is 4.31. The van der Waals surface area contributed by atoms with E-state index in [1.165, 1.54) is 12.1 Å². The lowest BCUT2D eigenvalue weighted by Gasteiger charge is -2.15. The number of pyridine rings is 1. The molecule has 4 aromatic rings. The fraction of sp³-hybridized carbons (Fsp3) is 0.154. The zero-order chi connectivity index (χ0) is 23.4. The molecule has 2 heterocycles. The molecule has 4 rings (SSSR count). The summed E-state index contributed by atoms with van der Waals surface area (Å²) in [5, 5.41) is 7.43. The number of benzene rings is 2. The summed E-state index contributed by atoms with van der Waals surface area (Å²) in [6.45, 7) is 6.15. The first-order valence-electron chi connectivity index (χ1n) is 10.5. The van der Waals surface area contributed by atoms with Crippen LogP contribution in [0.5, 0.6) is 11.5 Å². The normalized spacial score (nSPS) is 10.8. The molecule has 2 aromatic carbocycles. The average Bonchev–Trinajstić information content (AvgIpc) is 3.17. The molecule has 0 bridgehead atoms. The Morgan fingerprint density at radius 3 is 2.58 bits per heavy atom. The third-order valence-corrected chi connectivity index (χ3v) is 5.23. The van der Waals surface area contributed by atoms with E-state index in [4.69, 9.17) is 4.74 Å². The first-order valence-corrected chi connectivity index (χ1v) is 10.5. The van der Waals surface area contributed by atoms with Gasteiger partial charge in [0.05, 0.1) is 0 Å². The second-order valence-electron chi connectivity index (χ2n) is 7.79. The molecule has 33 heavy (non-hydrogen) atoms. The number of aromatic nitrogens is 3. The zero-order valence-corrected chi connectivity index (χ0v) is 18.5. The minimum absolute atomic E-state index is 0.491. The summed E-state index contributed by atoms with van der Waals surface area (Å²) in [6.07, 6.45) is 4.57. The van der Waals surface area contributed by atoms with E-state index < -0.39 is 11.6 Å². The molecule has 1 N–H and O–H groups in total. The highest BCUT2D eigenvalue weighted by molar-refractivity contribution is 5.68. The zero-order valence-electron chi connectivity index (χ0n) is 18.5. The molecular weight excluding hydrogens is 422 g/mol. The van der Waals surface area contributed by atoms with Gasteiger partial charge in [-0.15, -0.1) is 0 Å². The number of aryl methyl sites for hydroxylation is 2. The minimum atomic E-state index is -0.573. The van der Waals surface area contributed by atoms with Crippen molar-refractivity contribution in [3.63, 3.8) is 0 Å². The Bertz CT molecular complexity index is 1280. The van der Waals surface area contributed by atoms with Crippen LogP contribution in [0.3, 0.4) is 0 Å². The summed E-state index contributed by atoms with van der Waals surface area (Å²) in [5.74, 6) is 1.49. The second kappa shape index (κ2) is 9.65. The van der Waals surface area contributed by atoms with Crippen LogP contribution in [0.2, 0.25) is 0 Å². The molecule has 2 aromatic heterocycles. The van der Waals surface area contributed by atoms with E-state index in [-0.39, 0.29) is 0 Å². The molecule has 0 aliphatic rings. The van der Waals surface area contributed by atoms with Gasteiger partial charge in [-0.3, -0.25) is 4.68 Å². The van der Waals surface area contributed by atoms with E-state index in [9.17, 15) is 8.78 Å². The largest absolute Gasteiger partial charge is 0.457 e. The molecule has 0 radical (unpaired) electrons. The smallest absolute Gasteiger partial charge is 0.153 e. The standard InChI is InChI=1S/C26H24F2N4O/c1-17(7-8-19-13-20(27)15-21(28)14-19)23-5-4-6-24(18(23)2)33-22-9-11-29-26(16-22)30-25-10-12-32(3)31-25/h4-6,9-16H,1,7-8H2,2-3H3,(H,29,30,31). The molecule has 7 heteroatoms. The Hall–Kier alpha value is -4.00. The predicted octanol–water partition coefficient (Wildman–Crippen LogP) is 6.58. The van der Waals surface area contributed by atoms with Gasteiger partial charge in [0.2, 0.25) is 0 Å². The Morgan fingerprint density at radius 2 is 1.85 bits per heavy atom. The lowest BCUT2D eigenvalue weighted by molar-refractivity contribution is 0.478. The third-order valence-electron chi connectivity index (χ3n) is 5.23. The molecule has 0 unspecified atom stereocenters. The van der Waals surface area contributed by atoms with Crippen LogP contribution < -0.4 is 10.1 Å². The van der Waals surface area contributed by atoms with Crippen molar-refractivity contribution in [2.24, 2.45) is 7.05 Å². The number of nitrogens with one attached hydrogen (secondary N) is 1. The van der Waals surface area contributed by atoms with Crippen LogP contribution in [-0.2, 0) is 13.5 Å². The van der Waals surface area contributed by atoms with Gasteiger partial charge in [-0.1, -0.05) is 18.7 Å². The number of nitrogens with zero attached hydrogens (tertiary/aromatic N) is 3. The summed E-state index contributed by atoms with van der Waals surface area (Å²) < 4.78 is 34.8. The van der Waals surface area contributed by atoms with Gasteiger partial charge in [0, 0.05) is 37.6 Å². The second-order valence-corrected chi connectivity index (χ2v) is 7.79. The highest BCUT2D eigenvalue weighted by Gasteiger charge is 2.11. The summed E-state index contributed by atoms with van der Waals surface area (Å²) in [5.41, 5.74) is 3.35. The number of allylic oxidation sites excluding steroid dienone is 1. The van der Waals surface area contributed by atoms with Crippen molar-refractivity contribution in [2.45, 2.75) is 19.8 Å². The van der Waals surface area contributed by atoms with Gasteiger partial charge >= 0.3 is 0 Å². The van der Waals surface area contributed by atoms with E-state index in [1.54, 1.807) is 23.0 Å². The first kappa shape index (κ1) is 22.2. The Kier molecular flexibility index (Phi) is 6.49. The highest BCUT2D eigenvalue weighted by Crippen LogP contribution is 2.32. The van der Waals surface area contributed by atoms with Crippen LogP contribution in [0.15, 0.2) is 73.6 Å². The van der Waals surface area contributed by atoms with Crippen molar-refractivity contribution in [3.05, 3.63) is 102 Å². The quantitative estimate of drug-likeness (QED) is 0.332. The van der Waals surface area contributed by atoms with Crippen LogP contribution in [-0.4, -0.2) is 14.8 Å². The Balaban J connectivity index is 1.46. The minimum Gasteiger partial charge on any atom is -0.457 e. The number of hydrogen-bond acceptors (Lipinski definition) is 4. The number of halogens is 2. The van der Waals surface area contributed by atoms with Crippen LogP contribution in [0.1, 0.15) is 23.1 Å². The maximum absolute atomic E-state index is 13.5. The van der Waals surface area contributed by atoms with E-state index in [1.807, 2.05) is 44.4 Å². The van der Waals surface area contributed by atoms with Crippen molar-refractivity contribution >= 4 is 17.2 Å². The molecule has 0 saturated carbocycles.